The number of halogens is 1. The number of para-hydroxylation sites is 2. The number of benzene rings is 2. The van der Waals surface area contributed by atoms with E-state index in [1.165, 1.54) is 10.4 Å². The molecule has 1 fully saturated rings. The number of anilines is 1. The van der Waals surface area contributed by atoms with Gasteiger partial charge in [0.05, 0.1) is 23.7 Å². The van der Waals surface area contributed by atoms with E-state index in [2.05, 4.69) is 53.0 Å². The number of hydrogen-bond donors (Lipinski definition) is 0. The van der Waals surface area contributed by atoms with Crippen LogP contribution in [0.1, 0.15) is 20.8 Å². The smallest absolute Gasteiger partial charge is 0.277 e. The minimum Gasteiger partial charge on any atom is -0.489 e. The average molecular weight is 458 g/mol. The van der Waals surface area contributed by atoms with E-state index in [1.54, 1.807) is 0 Å². The van der Waals surface area contributed by atoms with Crippen LogP contribution in [0.5, 0.6) is 5.75 Å². The summed E-state index contributed by atoms with van der Waals surface area (Å²) in [7, 11) is 0. The van der Waals surface area contributed by atoms with Crippen molar-refractivity contribution in [1.82, 2.24) is 19.9 Å². The van der Waals surface area contributed by atoms with E-state index in [4.69, 9.17) is 4.74 Å². The van der Waals surface area contributed by atoms with Crippen molar-refractivity contribution >= 4 is 29.0 Å². The molecule has 1 aromatic heterocycles. The molecule has 7 nitrogen and oxygen atoms in total. The third-order valence-electron chi connectivity index (χ3n) is 5.62. The lowest BCUT2D eigenvalue weighted by Gasteiger charge is -2.37. The van der Waals surface area contributed by atoms with Crippen molar-refractivity contribution < 1.29 is 4.74 Å². The van der Waals surface area contributed by atoms with Crippen LogP contribution in [0.3, 0.4) is 0 Å². The second-order valence-electron chi connectivity index (χ2n) is 8.62. The molecule has 0 aliphatic carbocycles. The molecule has 0 radical (unpaired) electrons. The Bertz CT molecular complexity index is 1080. The fraction of sp³-hybridized carbons (Fsp3) is 0.458. The van der Waals surface area contributed by atoms with Gasteiger partial charge in [-0.1, -0.05) is 36.4 Å². The lowest BCUT2D eigenvalue weighted by Crippen LogP contribution is -2.48. The standard InChI is InChI=1S/C24H31N5O2.ClH/c1-18(2)31-23-11-7-6-10-22(23)28-14-12-27(13-15-28)16-19(3)17-29-24(30)20-8-4-5-9-21(20)25-26-29;/h4-11,18-19H,12-17H2,1-3H3;1H. The summed E-state index contributed by atoms with van der Waals surface area (Å²) in [6.45, 7) is 11.7. The van der Waals surface area contributed by atoms with Crippen LogP contribution in [-0.2, 0) is 6.54 Å². The lowest BCUT2D eigenvalue weighted by molar-refractivity contribution is 0.208. The lowest BCUT2D eigenvalue weighted by atomic mass is 10.1. The van der Waals surface area contributed by atoms with Crippen LogP contribution in [0.25, 0.3) is 10.9 Å². The summed E-state index contributed by atoms with van der Waals surface area (Å²) < 4.78 is 7.50. The number of ether oxygens (including phenoxy) is 1. The van der Waals surface area contributed by atoms with Crippen LogP contribution >= 0.6 is 12.4 Å². The van der Waals surface area contributed by atoms with Crippen molar-refractivity contribution in [2.24, 2.45) is 5.92 Å². The molecular weight excluding hydrogens is 426 g/mol. The molecule has 2 heterocycles. The van der Waals surface area contributed by atoms with Crippen LogP contribution in [0.15, 0.2) is 53.3 Å². The summed E-state index contributed by atoms with van der Waals surface area (Å²) in [5, 5.41) is 8.96. The Hall–Kier alpha value is -2.64. The second-order valence-corrected chi connectivity index (χ2v) is 8.62. The summed E-state index contributed by atoms with van der Waals surface area (Å²) in [4.78, 5) is 17.6. The SMILES string of the molecule is CC(CN1CCN(c2ccccc2OC(C)C)CC1)Cn1nnc2ccccc2c1=O.Cl. The molecule has 3 aromatic rings. The van der Waals surface area contributed by atoms with Crippen molar-refractivity contribution in [1.29, 1.82) is 0 Å². The predicted molar refractivity (Wildman–Crippen MR) is 131 cm³/mol. The Kier molecular flexibility index (Phi) is 8.10. The zero-order chi connectivity index (χ0) is 21.8. The number of aromatic nitrogens is 3. The van der Waals surface area contributed by atoms with Crippen molar-refractivity contribution in [2.75, 3.05) is 37.6 Å². The van der Waals surface area contributed by atoms with Gasteiger partial charge in [0.2, 0.25) is 0 Å². The maximum atomic E-state index is 12.7. The minimum absolute atomic E-state index is 0. The van der Waals surface area contributed by atoms with Gasteiger partial charge in [0, 0.05) is 32.7 Å². The fourth-order valence-corrected chi connectivity index (χ4v) is 4.18. The van der Waals surface area contributed by atoms with E-state index in [-0.39, 0.29) is 24.1 Å². The monoisotopic (exact) mass is 457 g/mol. The molecule has 1 saturated heterocycles. The Morgan fingerprint density at radius 2 is 1.62 bits per heavy atom. The highest BCUT2D eigenvalue weighted by Crippen LogP contribution is 2.29. The summed E-state index contributed by atoms with van der Waals surface area (Å²) in [6, 6.07) is 15.7. The zero-order valence-corrected chi connectivity index (χ0v) is 19.8. The number of rotatable bonds is 7. The maximum absolute atomic E-state index is 12.7. The van der Waals surface area contributed by atoms with E-state index >= 15 is 0 Å². The van der Waals surface area contributed by atoms with Crippen LogP contribution in [0.2, 0.25) is 0 Å². The largest absolute Gasteiger partial charge is 0.489 e. The van der Waals surface area contributed by atoms with Gasteiger partial charge in [0.25, 0.3) is 5.56 Å². The molecule has 0 amide bonds. The topological polar surface area (TPSA) is 63.5 Å². The molecule has 1 aliphatic heterocycles. The van der Waals surface area contributed by atoms with Crippen molar-refractivity contribution in [3.05, 3.63) is 58.9 Å². The molecular formula is C24H32ClN5O2. The number of nitrogens with zero attached hydrogens (tertiary/aromatic N) is 5. The fourth-order valence-electron chi connectivity index (χ4n) is 4.18. The van der Waals surface area contributed by atoms with Crippen molar-refractivity contribution in [3.63, 3.8) is 0 Å². The predicted octanol–water partition coefficient (Wildman–Crippen LogP) is 3.46. The van der Waals surface area contributed by atoms with Gasteiger partial charge in [-0.05, 0) is 44.0 Å². The zero-order valence-electron chi connectivity index (χ0n) is 19.0. The third kappa shape index (κ3) is 5.58. The third-order valence-corrected chi connectivity index (χ3v) is 5.62. The molecule has 4 rings (SSSR count). The Morgan fingerprint density at radius 3 is 2.38 bits per heavy atom. The highest BCUT2D eigenvalue weighted by molar-refractivity contribution is 5.85. The van der Waals surface area contributed by atoms with Crippen LogP contribution < -0.4 is 15.2 Å². The first-order chi connectivity index (χ1) is 15.0. The molecule has 32 heavy (non-hydrogen) atoms. The molecule has 0 N–H and O–H groups in total. The van der Waals surface area contributed by atoms with E-state index in [9.17, 15) is 4.79 Å². The normalized spacial score (nSPS) is 15.6. The first-order valence-corrected chi connectivity index (χ1v) is 11.1. The number of piperazine rings is 1. The van der Waals surface area contributed by atoms with Crippen LogP contribution in [-0.4, -0.2) is 58.7 Å². The van der Waals surface area contributed by atoms with Crippen LogP contribution in [0.4, 0.5) is 5.69 Å². The van der Waals surface area contributed by atoms with Crippen molar-refractivity contribution in [3.8, 4) is 5.75 Å². The molecule has 1 unspecified atom stereocenters. The second kappa shape index (κ2) is 10.8. The number of fused-ring (bicyclic) bond motifs is 1. The molecule has 1 aliphatic rings. The van der Waals surface area contributed by atoms with Crippen LogP contribution in [0, 0.1) is 5.92 Å². The summed E-state index contributed by atoms with van der Waals surface area (Å²) >= 11 is 0. The summed E-state index contributed by atoms with van der Waals surface area (Å²) in [6.07, 6.45) is 0.157. The maximum Gasteiger partial charge on any atom is 0.277 e. The minimum atomic E-state index is -0.0657. The Labute approximate surface area is 195 Å². The van der Waals surface area contributed by atoms with E-state index < -0.39 is 0 Å². The first kappa shape index (κ1) is 24.0. The molecule has 0 bridgehead atoms. The highest BCUT2D eigenvalue weighted by atomic mass is 35.5. The van der Waals surface area contributed by atoms with E-state index in [1.807, 2.05) is 36.4 Å². The molecule has 2 aromatic carbocycles. The van der Waals surface area contributed by atoms with Gasteiger partial charge in [-0.3, -0.25) is 9.69 Å². The van der Waals surface area contributed by atoms with Gasteiger partial charge in [-0.25, -0.2) is 4.68 Å². The Balaban J connectivity index is 0.00000289. The summed E-state index contributed by atoms with van der Waals surface area (Å²) in [5.41, 5.74) is 1.75. The average Bonchev–Trinajstić information content (AvgIpc) is 2.76. The van der Waals surface area contributed by atoms with Gasteiger partial charge < -0.3 is 9.64 Å². The van der Waals surface area contributed by atoms with E-state index in [0.717, 1.165) is 38.5 Å². The van der Waals surface area contributed by atoms with Gasteiger partial charge in [-0.15, -0.1) is 17.5 Å². The van der Waals surface area contributed by atoms with E-state index in [0.29, 0.717) is 23.4 Å². The Morgan fingerprint density at radius 1 is 0.938 bits per heavy atom. The summed E-state index contributed by atoms with van der Waals surface area (Å²) in [5.74, 6) is 1.25. The van der Waals surface area contributed by atoms with Gasteiger partial charge in [0.15, 0.2) is 0 Å². The molecule has 0 saturated carbocycles. The first-order valence-electron chi connectivity index (χ1n) is 11.1. The van der Waals surface area contributed by atoms with Gasteiger partial charge >= 0.3 is 0 Å². The number of hydrogen-bond acceptors (Lipinski definition) is 6. The van der Waals surface area contributed by atoms with Gasteiger partial charge in [0.1, 0.15) is 11.3 Å². The molecule has 8 heteroatoms. The molecule has 0 spiro atoms. The highest BCUT2D eigenvalue weighted by Gasteiger charge is 2.21. The molecule has 172 valence electrons. The molecule has 1 atom stereocenters. The van der Waals surface area contributed by atoms with Crippen molar-refractivity contribution in [2.45, 2.75) is 33.4 Å². The van der Waals surface area contributed by atoms with Gasteiger partial charge in [-0.2, -0.15) is 0 Å². The quantitative estimate of drug-likeness (QED) is 0.541.